The molecule has 1 aromatic rings. The molecule has 5 nitrogen and oxygen atoms in total. The molecule has 1 saturated heterocycles. The van der Waals surface area contributed by atoms with Crippen LogP contribution in [-0.2, 0) is 4.79 Å². The number of carbonyl (C=O) groups is 1. The molecule has 2 aliphatic heterocycles. The van der Waals surface area contributed by atoms with Crippen LogP contribution in [0.15, 0.2) is 16.7 Å². The standard InChI is InChI=1S/C11H12BrN3O2/c12-7-3-8-10(14-5-7)15-11(16)9(17-8)6-1-2-13-4-6/h3,5-6,9,13H,1-2,4H2,(H,14,15,16). The van der Waals surface area contributed by atoms with Crippen LogP contribution in [0, 0.1) is 5.92 Å². The zero-order valence-corrected chi connectivity index (χ0v) is 10.7. The van der Waals surface area contributed by atoms with Crippen molar-refractivity contribution in [2.45, 2.75) is 12.5 Å². The molecule has 2 aliphatic rings. The molecular weight excluding hydrogens is 286 g/mol. The van der Waals surface area contributed by atoms with Gasteiger partial charge in [-0.15, -0.1) is 0 Å². The van der Waals surface area contributed by atoms with Crippen LogP contribution in [0.5, 0.6) is 5.75 Å². The van der Waals surface area contributed by atoms with Crippen molar-refractivity contribution >= 4 is 27.7 Å². The van der Waals surface area contributed by atoms with Crippen molar-refractivity contribution in [1.29, 1.82) is 0 Å². The number of carbonyl (C=O) groups excluding carboxylic acids is 1. The molecule has 90 valence electrons. The Bertz CT molecular complexity index is 460. The molecule has 2 unspecified atom stereocenters. The smallest absolute Gasteiger partial charge is 0.267 e. The van der Waals surface area contributed by atoms with Crippen LogP contribution in [0.25, 0.3) is 0 Å². The van der Waals surface area contributed by atoms with Gasteiger partial charge in [-0.2, -0.15) is 0 Å². The van der Waals surface area contributed by atoms with Gasteiger partial charge in [-0.3, -0.25) is 4.79 Å². The van der Waals surface area contributed by atoms with Crippen LogP contribution in [0.1, 0.15) is 6.42 Å². The number of rotatable bonds is 1. The largest absolute Gasteiger partial charge is 0.476 e. The molecule has 2 N–H and O–H groups in total. The minimum absolute atomic E-state index is 0.0963. The van der Waals surface area contributed by atoms with Crippen molar-refractivity contribution < 1.29 is 9.53 Å². The SMILES string of the molecule is O=C1Nc2ncc(Br)cc2OC1C1CCNC1. The third-order valence-electron chi connectivity index (χ3n) is 3.10. The van der Waals surface area contributed by atoms with E-state index in [-0.39, 0.29) is 11.8 Å². The van der Waals surface area contributed by atoms with E-state index in [0.29, 0.717) is 11.6 Å². The zero-order chi connectivity index (χ0) is 11.8. The van der Waals surface area contributed by atoms with Crippen molar-refractivity contribution in [1.82, 2.24) is 10.3 Å². The van der Waals surface area contributed by atoms with E-state index >= 15 is 0 Å². The maximum atomic E-state index is 11.9. The van der Waals surface area contributed by atoms with E-state index in [2.05, 4.69) is 31.5 Å². The summed E-state index contributed by atoms with van der Waals surface area (Å²) in [6.45, 7) is 1.77. The summed E-state index contributed by atoms with van der Waals surface area (Å²) in [5, 5.41) is 6.03. The quantitative estimate of drug-likeness (QED) is 0.816. The number of anilines is 1. The average molecular weight is 298 g/mol. The average Bonchev–Trinajstić information content (AvgIpc) is 2.82. The van der Waals surface area contributed by atoms with Gasteiger partial charge in [0, 0.05) is 23.1 Å². The second-order valence-electron chi connectivity index (χ2n) is 4.28. The van der Waals surface area contributed by atoms with E-state index in [1.165, 1.54) is 0 Å². The molecule has 6 heteroatoms. The zero-order valence-electron chi connectivity index (χ0n) is 9.07. The first-order chi connectivity index (χ1) is 8.24. The van der Waals surface area contributed by atoms with E-state index in [9.17, 15) is 4.79 Å². The molecule has 0 aliphatic carbocycles. The van der Waals surface area contributed by atoms with Crippen molar-refractivity contribution in [3.05, 3.63) is 16.7 Å². The Morgan fingerprint density at radius 2 is 2.41 bits per heavy atom. The van der Waals surface area contributed by atoms with E-state index in [1.807, 2.05) is 6.07 Å². The summed E-state index contributed by atoms with van der Waals surface area (Å²) in [4.78, 5) is 16.0. The predicted octanol–water partition coefficient (Wildman–Crippen LogP) is 1.15. The highest BCUT2D eigenvalue weighted by Gasteiger charge is 2.36. The van der Waals surface area contributed by atoms with Gasteiger partial charge in [0.1, 0.15) is 0 Å². The number of ether oxygens (including phenoxy) is 1. The Kier molecular flexibility index (Phi) is 2.76. The molecular formula is C11H12BrN3O2. The van der Waals surface area contributed by atoms with Gasteiger partial charge in [0.05, 0.1) is 0 Å². The number of fused-ring (bicyclic) bond motifs is 1. The monoisotopic (exact) mass is 297 g/mol. The van der Waals surface area contributed by atoms with Gasteiger partial charge in [-0.25, -0.2) is 4.98 Å². The molecule has 0 radical (unpaired) electrons. The first kappa shape index (κ1) is 11.0. The van der Waals surface area contributed by atoms with E-state index in [0.717, 1.165) is 24.0 Å². The highest BCUT2D eigenvalue weighted by atomic mass is 79.9. The lowest BCUT2D eigenvalue weighted by Gasteiger charge is -2.28. The summed E-state index contributed by atoms with van der Waals surface area (Å²) in [5.41, 5.74) is 0. The normalized spacial score (nSPS) is 27.2. The number of aromatic nitrogens is 1. The van der Waals surface area contributed by atoms with Crippen LogP contribution in [0.4, 0.5) is 5.82 Å². The third kappa shape index (κ3) is 2.02. The van der Waals surface area contributed by atoms with Crippen molar-refractivity contribution in [3.8, 4) is 5.75 Å². The van der Waals surface area contributed by atoms with Gasteiger partial charge in [0.25, 0.3) is 5.91 Å². The summed E-state index contributed by atoms with van der Waals surface area (Å²) < 4.78 is 6.61. The fourth-order valence-electron chi connectivity index (χ4n) is 2.23. The van der Waals surface area contributed by atoms with Gasteiger partial charge >= 0.3 is 0 Å². The Morgan fingerprint density at radius 1 is 1.53 bits per heavy atom. The molecule has 1 aromatic heterocycles. The van der Waals surface area contributed by atoms with Crippen LogP contribution >= 0.6 is 15.9 Å². The van der Waals surface area contributed by atoms with E-state index < -0.39 is 6.10 Å². The second-order valence-corrected chi connectivity index (χ2v) is 5.20. The van der Waals surface area contributed by atoms with E-state index in [4.69, 9.17) is 4.74 Å². The summed E-state index contributed by atoms with van der Waals surface area (Å²) in [6, 6.07) is 1.83. The highest BCUT2D eigenvalue weighted by Crippen LogP contribution is 2.32. The van der Waals surface area contributed by atoms with Crippen molar-refractivity contribution in [2.24, 2.45) is 5.92 Å². The number of hydrogen-bond acceptors (Lipinski definition) is 4. The van der Waals surface area contributed by atoms with Gasteiger partial charge in [0.15, 0.2) is 17.7 Å². The molecule has 2 atom stereocenters. The number of amides is 1. The first-order valence-corrected chi connectivity index (χ1v) is 6.37. The summed E-state index contributed by atoms with van der Waals surface area (Å²) >= 11 is 3.34. The van der Waals surface area contributed by atoms with E-state index in [1.54, 1.807) is 6.20 Å². The van der Waals surface area contributed by atoms with Crippen LogP contribution in [0.2, 0.25) is 0 Å². The minimum Gasteiger partial charge on any atom is -0.476 e. The molecule has 0 bridgehead atoms. The molecule has 1 fully saturated rings. The maximum Gasteiger partial charge on any atom is 0.267 e. The van der Waals surface area contributed by atoms with Gasteiger partial charge < -0.3 is 15.4 Å². The molecule has 17 heavy (non-hydrogen) atoms. The molecule has 0 aromatic carbocycles. The minimum atomic E-state index is -0.409. The van der Waals surface area contributed by atoms with Crippen LogP contribution in [0.3, 0.4) is 0 Å². The molecule has 1 amide bonds. The number of halogens is 1. The number of nitrogens with one attached hydrogen (secondary N) is 2. The topological polar surface area (TPSA) is 63.2 Å². The number of pyridine rings is 1. The summed E-state index contributed by atoms with van der Waals surface area (Å²) in [7, 11) is 0. The molecule has 0 spiro atoms. The van der Waals surface area contributed by atoms with Gasteiger partial charge in [-0.1, -0.05) is 0 Å². The lowest BCUT2D eigenvalue weighted by Crippen LogP contribution is -2.43. The van der Waals surface area contributed by atoms with Crippen molar-refractivity contribution in [3.63, 3.8) is 0 Å². The maximum absolute atomic E-state index is 11.9. The van der Waals surface area contributed by atoms with Crippen molar-refractivity contribution in [2.75, 3.05) is 18.4 Å². The third-order valence-corrected chi connectivity index (χ3v) is 3.53. The Morgan fingerprint density at radius 3 is 3.18 bits per heavy atom. The number of nitrogens with zero attached hydrogens (tertiary/aromatic N) is 1. The predicted molar refractivity (Wildman–Crippen MR) is 66.0 cm³/mol. The lowest BCUT2D eigenvalue weighted by atomic mass is 10.00. The molecule has 3 rings (SSSR count). The molecule has 3 heterocycles. The Hall–Kier alpha value is -1.14. The fraction of sp³-hybridized carbons (Fsp3) is 0.455. The van der Waals surface area contributed by atoms with Crippen LogP contribution in [-0.4, -0.2) is 30.1 Å². The number of hydrogen-bond donors (Lipinski definition) is 2. The summed E-state index contributed by atoms with van der Waals surface area (Å²) in [6.07, 6.45) is 2.20. The van der Waals surface area contributed by atoms with Gasteiger partial charge in [0.2, 0.25) is 0 Å². The highest BCUT2D eigenvalue weighted by molar-refractivity contribution is 9.10. The lowest BCUT2D eigenvalue weighted by molar-refractivity contribution is -0.125. The second kappa shape index (κ2) is 4.27. The molecule has 0 saturated carbocycles. The van der Waals surface area contributed by atoms with Crippen LogP contribution < -0.4 is 15.4 Å². The van der Waals surface area contributed by atoms with Gasteiger partial charge in [-0.05, 0) is 35.0 Å². The Balaban J connectivity index is 1.88. The first-order valence-electron chi connectivity index (χ1n) is 5.58. The Labute approximate surface area is 107 Å². The fourth-order valence-corrected chi connectivity index (χ4v) is 2.54. The summed E-state index contributed by atoms with van der Waals surface area (Å²) in [5.74, 6) is 1.28.